The first-order valence-electron chi connectivity index (χ1n) is 17.5. The van der Waals surface area contributed by atoms with Crippen LogP contribution in [0.3, 0.4) is 0 Å². The molecule has 6 rings (SSSR count). The van der Waals surface area contributed by atoms with Crippen molar-refractivity contribution in [2.75, 3.05) is 32.2 Å². The van der Waals surface area contributed by atoms with Crippen molar-refractivity contribution in [3.05, 3.63) is 113 Å². The Morgan fingerprint density at radius 3 is 2.60 bits per heavy atom. The molecule has 3 aromatic carbocycles. The van der Waals surface area contributed by atoms with Crippen LogP contribution in [0.5, 0.6) is 5.75 Å². The van der Waals surface area contributed by atoms with Crippen molar-refractivity contribution >= 4 is 40.3 Å². The van der Waals surface area contributed by atoms with E-state index in [0.717, 1.165) is 50.0 Å². The van der Waals surface area contributed by atoms with Crippen LogP contribution in [-0.2, 0) is 22.6 Å². The molecule has 5 aromatic rings. The number of methoxy groups -OCH3 is 1. The van der Waals surface area contributed by atoms with Gasteiger partial charge in [0.1, 0.15) is 23.1 Å². The van der Waals surface area contributed by atoms with Crippen molar-refractivity contribution in [3.63, 3.8) is 0 Å². The summed E-state index contributed by atoms with van der Waals surface area (Å²) < 4.78 is 26.8. The summed E-state index contributed by atoms with van der Waals surface area (Å²) in [5.74, 6) is -0.389. The number of ether oxygens (including phenoxy) is 2. The number of aliphatic hydroxyl groups is 2. The number of aliphatic hydroxyl groups excluding tert-OH is 2. The molecule has 1 fully saturated rings. The van der Waals surface area contributed by atoms with Crippen LogP contribution in [-0.4, -0.2) is 76.4 Å². The van der Waals surface area contributed by atoms with E-state index in [0.29, 0.717) is 48.8 Å². The van der Waals surface area contributed by atoms with E-state index in [4.69, 9.17) is 9.47 Å². The lowest BCUT2D eigenvalue weighted by molar-refractivity contribution is -0.140. The quantitative estimate of drug-likeness (QED) is 0.0758. The van der Waals surface area contributed by atoms with E-state index in [9.17, 15) is 20.1 Å². The van der Waals surface area contributed by atoms with Gasteiger partial charge in [0, 0.05) is 60.3 Å². The number of fused-ring (bicyclic) bond motifs is 1. The Morgan fingerprint density at radius 2 is 1.85 bits per heavy atom. The van der Waals surface area contributed by atoms with Gasteiger partial charge in [-0.15, -0.1) is 0 Å². The maximum absolute atomic E-state index is 15.9. The Hall–Kier alpha value is -5.24. The van der Waals surface area contributed by atoms with E-state index in [1.165, 1.54) is 0 Å². The fourth-order valence-electron chi connectivity index (χ4n) is 6.52. The number of hydrogen-bond donors (Lipinski definition) is 6. The second kappa shape index (κ2) is 17.1. The molecule has 11 nitrogen and oxygen atoms in total. The normalized spacial score (nSPS) is 16.8. The number of carbonyl (C=O) groups is 1. The molecule has 0 amide bonds. The number of rotatable bonds is 14. The van der Waals surface area contributed by atoms with Crippen molar-refractivity contribution in [2.24, 2.45) is 0 Å². The fourth-order valence-corrected chi connectivity index (χ4v) is 6.52. The minimum Gasteiger partial charge on any atom is -0.496 e. The molecular formula is C41H44FN5O6. The summed E-state index contributed by atoms with van der Waals surface area (Å²) in [6.07, 6.45) is 5.02. The summed E-state index contributed by atoms with van der Waals surface area (Å²) in [7, 11) is 1.56. The van der Waals surface area contributed by atoms with Gasteiger partial charge in [-0.05, 0) is 84.0 Å². The van der Waals surface area contributed by atoms with Crippen LogP contribution in [0.4, 0.5) is 15.9 Å². The first-order valence-corrected chi connectivity index (χ1v) is 17.5. The summed E-state index contributed by atoms with van der Waals surface area (Å²) in [4.78, 5) is 20.4. The zero-order chi connectivity index (χ0) is 37.5. The van der Waals surface area contributed by atoms with Crippen LogP contribution in [0.15, 0.2) is 79.1 Å². The summed E-state index contributed by atoms with van der Waals surface area (Å²) in [6, 6.07) is 19.7. The highest BCUT2D eigenvalue weighted by Gasteiger charge is 2.23. The van der Waals surface area contributed by atoms with Gasteiger partial charge in [0.05, 0.1) is 26.4 Å². The van der Waals surface area contributed by atoms with Gasteiger partial charge < -0.3 is 35.4 Å². The molecular weight excluding hydrogens is 677 g/mol. The number of carboxylic acid groups (broad SMARTS) is 1. The van der Waals surface area contributed by atoms with Gasteiger partial charge in [-0.25, -0.2) is 9.37 Å². The average molecular weight is 722 g/mol. The predicted octanol–water partition coefficient (Wildman–Crippen LogP) is 5.91. The smallest absolute Gasteiger partial charge is 0.323 e. The maximum atomic E-state index is 15.9. The van der Waals surface area contributed by atoms with Crippen LogP contribution < -0.4 is 20.7 Å². The molecule has 12 heteroatoms. The molecule has 1 saturated heterocycles. The molecule has 0 unspecified atom stereocenters. The van der Waals surface area contributed by atoms with Crippen LogP contribution in [0.2, 0.25) is 0 Å². The number of nitrogens with zero attached hydrogens (tertiary/aromatic N) is 2. The van der Waals surface area contributed by atoms with E-state index >= 15 is 4.39 Å². The van der Waals surface area contributed by atoms with Gasteiger partial charge in [-0.3, -0.25) is 15.1 Å². The zero-order valence-electron chi connectivity index (χ0n) is 29.9. The van der Waals surface area contributed by atoms with Crippen molar-refractivity contribution < 1.29 is 34.0 Å². The third-order valence-corrected chi connectivity index (χ3v) is 9.67. The molecule has 0 bridgehead atoms. The molecule has 3 atom stereocenters. The highest BCUT2D eigenvalue weighted by Crippen LogP contribution is 2.35. The van der Waals surface area contributed by atoms with Crippen molar-refractivity contribution in [2.45, 2.75) is 51.5 Å². The van der Waals surface area contributed by atoms with Gasteiger partial charge in [-0.1, -0.05) is 42.5 Å². The SMILES string of the molecule is COc1cc(/C(F)=C/c2cccc(-c3cccc(Nc4nccc5cc(CN[C@H](CO)C(=O)O)cnc45)c3C)c2C)ccc1CN[C@H]1CCOC[C@@H]1O. The predicted molar refractivity (Wildman–Crippen MR) is 204 cm³/mol. The molecule has 53 heavy (non-hydrogen) atoms. The maximum Gasteiger partial charge on any atom is 0.323 e. The molecule has 6 N–H and O–H groups in total. The number of benzene rings is 3. The molecule has 276 valence electrons. The lowest BCUT2D eigenvalue weighted by Crippen LogP contribution is -2.46. The highest BCUT2D eigenvalue weighted by molar-refractivity contribution is 5.91. The van der Waals surface area contributed by atoms with E-state index in [-0.39, 0.29) is 12.6 Å². The van der Waals surface area contributed by atoms with Crippen molar-refractivity contribution in [1.29, 1.82) is 0 Å². The number of hydrogen-bond acceptors (Lipinski definition) is 10. The van der Waals surface area contributed by atoms with Gasteiger partial charge in [0.25, 0.3) is 0 Å². The number of pyridine rings is 2. The van der Waals surface area contributed by atoms with Gasteiger partial charge in [0.2, 0.25) is 0 Å². The number of aliphatic carboxylic acids is 1. The molecule has 1 aliphatic rings. The topological polar surface area (TPSA) is 158 Å². The zero-order valence-corrected chi connectivity index (χ0v) is 29.9. The van der Waals surface area contributed by atoms with E-state index in [1.807, 2.05) is 68.4 Å². The summed E-state index contributed by atoms with van der Waals surface area (Å²) in [5.41, 5.74) is 8.10. The van der Waals surface area contributed by atoms with Crippen LogP contribution in [0.1, 0.15) is 39.8 Å². The Balaban J connectivity index is 1.21. The highest BCUT2D eigenvalue weighted by atomic mass is 19.1. The molecule has 3 heterocycles. The van der Waals surface area contributed by atoms with Crippen molar-refractivity contribution in [1.82, 2.24) is 20.6 Å². The Kier molecular flexibility index (Phi) is 12.1. The first kappa shape index (κ1) is 37.5. The van der Waals surface area contributed by atoms with Gasteiger partial charge >= 0.3 is 5.97 Å². The summed E-state index contributed by atoms with van der Waals surface area (Å²) in [6.45, 7) is 5.09. The Bertz CT molecular complexity index is 2130. The van der Waals surface area contributed by atoms with Gasteiger partial charge in [-0.2, -0.15) is 0 Å². The summed E-state index contributed by atoms with van der Waals surface area (Å²) in [5, 5.41) is 39.2. The lowest BCUT2D eigenvalue weighted by atomic mass is 9.92. The fraction of sp³-hybridized carbons (Fsp3) is 0.293. The van der Waals surface area contributed by atoms with Crippen LogP contribution in [0.25, 0.3) is 33.9 Å². The number of anilines is 2. The number of carboxylic acids is 1. The van der Waals surface area contributed by atoms with Crippen molar-refractivity contribution in [3.8, 4) is 16.9 Å². The number of nitrogens with one attached hydrogen (secondary N) is 3. The Morgan fingerprint density at radius 1 is 1.06 bits per heavy atom. The molecule has 0 aliphatic carbocycles. The van der Waals surface area contributed by atoms with Crippen LogP contribution >= 0.6 is 0 Å². The van der Waals surface area contributed by atoms with E-state index < -0.39 is 30.5 Å². The number of halogens is 1. The second-order valence-electron chi connectivity index (χ2n) is 13.1. The summed E-state index contributed by atoms with van der Waals surface area (Å²) >= 11 is 0. The van der Waals surface area contributed by atoms with E-state index in [2.05, 4.69) is 25.9 Å². The molecule has 0 spiro atoms. The second-order valence-corrected chi connectivity index (χ2v) is 13.1. The van der Waals surface area contributed by atoms with Crippen LogP contribution in [0, 0.1) is 13.8 Å². The first-order chi connectivity index (χ1) is 25.7. The molecule has 0 saturated carbocycles. The minimum absolute atomic E-state index is 0.0785. The Labute approximate surface area is 307 Å². The molecule has 0 radical (unpaired) electrons. The standard InChI is InChI=1S/C41H44FN5O6/c1-24-27(17-33(42)28-10-11-30(38(18-28)52-3)21-45-35-13-15-53-23-37(35)49)6-4-7-31(24)32-8-5-9-34(25(32)2)47-40-39-29(12-14-43-40)16-26(20-46-39)19-44-36(22-48)41(50)51/h4-12,14,16-18,20,35-37,44-45,48-49H,13,15,19,21-23H2,1-3H3,(H,43,47)(H,50,51)/b33-17-/t35-,36+,37-/m0/s1. The van der Waals surface area contributed by atoms with Gasteiger partial charge in [0.15, 0.2) is 5.82 Å². The third-order valence-electron chi connectivity index (χ3n) is 9.67. The molecule has 1 aliphatic heterocycles. The average Bonchev–Trinajstić information content (AvgIpc) is 3.16. The lowest BCUT2D eigenvalue weighted by Gasteiger charge is -2.28. The largest absolute Gasteiger partial charge is 0.496 e. The minimum atomic E-state index is -1.12. The number of aromatic nitrogens is 2. The third kappa shape index (κ3) is 8.70. The molecule has 2 aromatic heterocycles. The van der Waals surface area contributed by atoms with E-state index in [1.54, 1.807) is 37.7 Å². The monoisotopic (exact) mass is 721 g/mol.